The minimum atomic E-state index is -0.478. The van der Waals surface area contributed by atoms with Gasteiger partial charge in [0, 0.05) is 32.3 Å². The first-order valence-electron chi connectivity index (χ1n) is 12.1. The summed E-state index contributed by atoms with van der Waals surface area (Å²) in [5.41, 5.74) is 3.11. The molecule has 1 aromatic carbocycles. The number of methoxy groups -OCH3 is 1. The largest absolute Gasteiger partial charge is 0.465 e. The number of amides is 1. The molecule has 0 unspecified atom stereocenters. The van der Waals surface area contributed by atoms with Gasteiger partial charge in [-0.3, -0.25) is 9.36 Å². The van der Waals surface area contributed by atoms with E-state index in [0.29, 0.717) is 15.7 Å². The molecule has 1 amide bonds. The number of esters is 1. The number of nitrogens with zero attached hydrogens (tertiary/aromatic N) is 3. The lowest BCUT2D eigenvalue weighted by atomic mass is 10.0. The maximum atomic E-state index is 13.0. The Labute approximate surface area is 229 Å². The Morgan fingerprint density at radius 1 is 1.16 bits per heavy atom. The summed E-state index contributed by atoms with van der Waals surface area (Å²) in [7, 11) is 1.35. The number of rotatable bonds is 10. The van der Waals surface area contributed by atoms with Gasteiger partial charge in [0.25, 0.3) is 0 Å². The summed E-state index contributed by atoms with van der Waals surface area (Å²) in [5.74, 6) is 0.240. The van der Waals surface area contributed by atoms with Crippen molar-refractivity contribution in [1.29, 1.82) is 0 Å². The fourth-order valence-corrected chi connectivity index (χ4v) is 7.00. The third kappa shape index (κ3) is 5.97. The van der Waals surface area contributed by atoms with Crippen LogP contribution in [-0.4, -0.2) is 39.5 Å². The summed E-state index contributed by atoms with van der Waals surface area (Å²) in [5, 5.41) is 15.1. The number of carbonyl (C=O) groups is 2. The first kappa shape index (κ1) is 27.1. The molecule has 3 aromatic heterocycles. The number of hydrogen-bond acceptors (Lipinski definition) is 8. The zero-order valence-electron chi connectivity index (χ0n) is 21.5. The minimum Gasteiger partial charge on any atom is -0.465 e. The van der Waals surface area contributed by atoms with Gasteiger partial charge in [0.15, 0.2) is 11.0 Å². The number of aromatic nitrogens is 3. The van der Waals surface area contributed by atoms with Crippen LogP contribution in [0.25, 0.3) is 22.5 Å². The molecule has 0 saturated heterocycles. The van der Waals surface area contributed by atoms with Crippen LogP contribution in [0.1, 0.15) is 53.3 Å². The molecule has 0 radical (unpaired) electrons. The van der Waals surface area contributed by atoms with Crippen LogP contribution in [0.15, 0.2) is 46.9 Å². The number of ether oxygens (including phenoxy) is 1. The Kier molecular flexibility index (Phi) is 8.83. The smallest absolute Gasteiger partial charge is 0.341 e. The van der Waals surface area contributed by atoms with Crippen LogP contribution in [0, 0.1) is 6.92 Å². The van der Waals surface area contributed by atoms with Crippen LogP contribution in [0.3, 0.4) is 0 Å². The molecule has 10 heteroatoms. The lowest BCUT2D eigenvalue weighted by molar-refractivity contribution is -0.113. The second kappa shape index (κ2) is 12.1. The number of thiophene rings is 2. The molecule has 0 spiro atoms. The fourth-order valence-electron chi connectivity index (χ4n) is 4.09. The molecular formula is C27H30N4O3S3. The average molecular weight is 555 g/mol. The van der Waals surface area contributed by atoms with E-state index in [1.165, 1.54) is 35.1 Å². The number of thioether (sulfide) groups is 1. The molecule has 37 heavy (non-hydrogen) atoms. The topological polar surface area (TPSA) is 86.1 Å². The second-order valence-corrected chi connectivity index (χ2v) is 11.9. The first-order valence-corrected chi connectivity index (χ1v) is 14.7. The van der Waals surface area contributed by atoms with Crippen molar-refractivity contribution in [3.8, 4) is 22.5 Å². The lowest BCUT2D eigenvalue weighted by Gasteiger charge is -2.13. The Morgan fingerprint density at radius 3 is 2.59 bits per heavy atom. The molecule has 0 saturated carbocycles. The average Bonchev–Trinajstić information content (AvgIpc) is 3.60. The Balaban J connectivity index is 1.53. The molecule has 7 nitrogen and oxygen atoms in total. The van der Waals surface area contributed by atoms with Gasteiger partial charge >= 0.3 is 5.97 Å². The number of carbonyl (C=O) groups excluding carboxylic acids is 2. The molecule has 0 fully saturated rings. The molecule has 0 aliphatic rings. The third-order valence-electron chi connectivity index (χ3n) is 5.71. The summed E-state index contributed by atoms with van der Waals surface area (Å²) in [6, 6.07) is 12.0. The molecule has 1 N–H and O–H groups in total. The van der Waals surface area contributed by atoms with Crippen LogP contribution < -0.4 is 5.32 Å². The number of aryl methyl sites for hydroxylation is 2. The van der Waals surface area contributed by atoms with E-state index in [9.17, 15) is 9.59 Å². The van der Waals surface area contributed by atoms with Gasteiger partial charge in [0.1, 0.15) is 10.6 Å². The van der Waals surface area contributed by atoms with E-state index in [-0.39, 0.29) is 17.7 Å². The van der Waals surface area contributed by atoms with E-state index in [1.807, 2.05) is 37.3 Å². The summed E-state index contributed by atoms with van der Waals surface area (Å²) >= 11 is 4.44. The van der Waals surface area contributed by atoms with Gasteiger partial charge in [0.05, 0.1) is 12.9 Å². The highest BCUT2D eigenvalue weighted by Crippen LogP contribution is 2.40. The predicted octanol–water partition coefficient (Wildman–Crippen LogP) is 7.09. The molecule has 0 bridgehead atoms. The number of anilines is 1. The number of benzene rings is 1. The van der Waals surface area contributed by atoms with Crippen LogP contribution in [0.4, 0.5) is 5.00 Å². The standard InChI is InChI=1S/C27H30N4O3S3/c1-6-10-20-13-19(14-35-20)24-29-30-27(31(24)16(2)3)36-15-21(32)28-25-23(26(33)34-5)22(17(4)37-25)18-11-8-7-9-12-18/h7-9,11-14,16H,6,10,15H2,1-5H3,(H,28,32). The minimum absolute atomic E-state index is 0.129. The molecule has 4 rings (SSSR count). The summed E-state index contributed by atoms with van der Waals surface area (Å²) in [6.07, 6.45) is 2.14. The van der Waals surface area contributed by atoms with E-state index >= 15 is 0 Å². The van der Waals surface area contributed by atoms with Crippen LogP contribution in [-0.2, 0) is 16.0 Å². The summed E-state index contributed by atoms with van der Waals surface area (Å²) in [6.45, 7) is 8.27. The monoisotopic (exact) mass is 554 g/mol. The van der Waals surface area contributed by atoms with E-state index in [1.54, 1.807) is 11.3 Å². The SMILES string of the molecule is CCCc1cc(-c2nnc(SCC(=O)Nc3sc(C)c(-c4ccccc4)c3C(=O)OC)n2C(C)C)cs1. The van der Waals surface area contributed by atoms with E-state index < -0.39 is 5.97 Å². The van der Waals surface area contributed by atoms with Crippen molar-refractivity contribution >= 4 is 51.3 Å². The zero-order chi connectivity index (χ0) is 26.5. The Bertz CT molecular complexity index is 1390. The van der Waals surface area contributed by atoms with E-state index in [0.717, 1.165) is 40.2 Å². The highest BCUT2D eigenvalue weighted by Gasteiger charge is 2.25. The van der Waals surface area contributed by atoms with Crippen molar-refractivity contribution in [3.05, 3.63) is 57.1 Å². The normalized spacial score (nSPS) is 11.2. The third-order valence-corrected chi connectivity index (χ3v) is 8.67. The highest BCUT2D eigenvalue weighted by atomic mass is 32.2. The van der Waals surface area contributed by atoms with Gasteiger partial charge in [0.2, 0.25) is 5.91 Å². The molecular weight excluding hydrogens is 525 g/mol. The molecule has 0 aliphatic heterocycles. The van der Waals surface area contributed by atoms with Crippen LogP contribution in [0.2, 0.25) is 0 Å². The predicted molar refractivity (Wildman–Crippen MR) is 153 cm³/mol. The van der Waals surface area contributed by atoms with Gasteiger partial charge in [-0.05, 0) is 38.8 Å². The van der Waals surface area contributed by atoms with Crippen LogP contribution in [0.5, 0.6) is 0 Å². The van der Waals surface area contributed by atoms with Crippen molar-refractivity contribution in [1.82, 2.24) is 14.8 Å². The van der Waals surface area contributed by atoms with Gasteiger partial charge in [-0.2, -0.15) is 0 Å². The highest BCUT2D eigenvalue weighted by molar-refractivity contribution is 7.99. The molecule has 0 atom stereocenters. The number of nitrogens with one attached hydrogen (secondary N) is 1. The maximum Gasteiger partial charge on any atom is 0.341 e. The molecule has 194 valence electrons. The molecule has 4 aromatic rings. The van der Waals surface area contributed by atoms with Crippen molar-refractivity contribution in [3.63, 3.8) is 0 Å². The van der Waals surface area contributed by atoms with Crippen molar-refractivity contribution < 1.29 is 14.3 Å². The molecule has 0 aliphatic carbocycles. The maximum absolute atomic E-state index is 13.0. The van der Waals surface area contributed by atoms with Crippen molar-refractivity contribution in [2.24, 2.45) is 0 Å². The van der Waals surface area contributed by atoms with Crippen LogP contribution >= 0.6 is 34.4 Å². The van der Waals surface area contributed by atoms with E-state index in [4.69, 9.17) is 4.74 Å². The Hall–Kier alpha value is -2.95. The zero-order valence-corrected chi connectivity index (χ0v) is 24.0. The second-order valence-electron chi connectivity index (χ2n) is 8.75. The van der Waals surface area contributed by atoms with Crippen molar-refractivity contribution in [2.75, 3.05) is 18.2 Å². The fraction of sp³-hybridized carbons (Fsp3) is 0.333. The van der Waals surface area contributed by atoms with Crippen molar-refractivity contribution in [2.45, 2.75) is 51.7 Å². The van der Waals surface area contributed by atoms with E-state index in [2.05, 4.69) is 52.3 Å². The number of hydrogen-bond donors (Lipinski definition) is 1. The van der Waals surface area contributed by atoms with Gasteiger partial charge < -0.3 is 10.1 Å². The van der Waals surface area contributed by atoms with Gasteiger partial charge in [-0.25, -0.2) is 4.79 Å². The summed E-state index contributed by atoms with van der Waals surface area (Å²) < 4.78 is 7.13. The first-order chi connectivity index (χ1) is 17.8. The lowest BCUT2D eigenvalue weighted by Crippen LogP contribution is -2.16. The quantitative estimate of drug-likeness (QED) is 0.166. The van der Waals surface area contributed by atoms with Gasteiger partial charge in [-0.1, -0.05) is 55.4 Å². The van der Waals surface area contributed by atoms with Gasteiger partial charge in [-0.15, -0.1) is 32.9 Å². The Morgan fingerprint density at radius 2 is 1.92 bits per heavy atom. The summed E-state index contributed by atoms with van der Waals surface area (Å²) in [4.78, 5) is 28.0. The molecule has 3 heterocycles.